The Morgan fingerprint density at radius 3 is 2.75 bits per heavy atom. The molecule has 0 saturated heterocycles. The third-order valence-corrected chi connectivity index (χ3v) is 3.31. The highest BCUT2D eigenvalue weighted by molar-refractivity contribution is 7.83. The van der Waals surface area contributed by atoms with Gasteiger partial charge in [0.15, 0.2) is 0 Å². The van der Waals surface area contributed by atoms with Gasteiger partial charge in [-0.2, -0.15) is 0 Å². The molecule has 0 aliphatic carbocycles. The second kappa shape index (κ2) is 6.38. The van der Waals surface area contributed by atoms with Crippen molar-refractivity contribution >= 4 is 22.4 Å². The van der Waals surface area contributed by atoms with E-state index in [0.29, 0.717) is 11.4 Å². The Hall–Kier alpha value is -2.08. The molecule has 0 fully saturated rings. The summed E-state index contributed by atoms with van der Waals surface area (Å²) < 4.78 is 11.2. The van der Waals surface area contributed by atoms with Crippen LogP contribution < -0.4 is 5.32 Å². The molecule has 1 atom stereocenters. The summed E-state index contributed by atoms with van der Waals surface area (Å²) >= 11 is 0. The van der Waals surface area contributed by atoms with Gasteiger partial charge < -0.3 is 5.32 Å². The standard InChI is InChI=1S/C14H15N3O2S/c1-10-7-16-13(8-15-10)14(18)17-12-5-3-4-11(6-12)9-20(2)19/h3-8H,9H2,1-2H3,(H,17,18)/t20-/m0/s1. The molecule has 6 heteroatoms. The highest BCUT2D eigenvalue weighted by Crippen LogP contribution is 2.13. The molecule has 0 spiro atoms. The predicted octanol–water partition coefficient (Wildman–Crippen LogP) is 1.92. The monoisotopic (exact) mass is 289 g/mol. The van der Waals surface area contributed by atoms with Crippen LogP contribution in [0.5, 0.6) is 0 Å². The van der Waals surface area contributed by atoms with Crippen molar-refractivity contribution in [1.29, 1.82) is 0 Å². The van der Waals surface area contributed by atoms with Crippen molar-refractivity contribution in [3.8, 4) is 0 Å². The fourth-order valence-electron chi connectivity index (χ4n) is 1.68. The van der Waals surface area contributed by atoms with Gasteiger partial charge in [-0.3, -0.25) is 14.0 Å². The number of nitrogens with zero attached hydrogens (tertiary/aromatic N) is 2. The molecule has 20 heavy (non-hydrogen) atoms. The second-order valence-corrected chi connectivity index (χ2v) is 5.85. The largest absolute Gasteiger partial charge is 0.321 e. The number of carbonyl (C=O) groups excluding carboxylic acids is 1. The van der Waals surface area contributed by atoms with Crippen LogP contribution in [0.2, 0.25) is 0 Å². The van der Waals surface area contributed by atoms with E-state index in [1.54, 1.807) is 24.6 Å². The maximum Gasteiger partial charge on any atom is 0.275 e. The van der Waals surface area contributed by atoms with Crippen molar-refractivity contribution < 1.29 is 9.00 Å². The summed E-state index contributed by atoms with van der Waals surface area (Å²) in [5, 5.41) is 2.75. The van der Waals surface area contributed by atoms with E-state index in [2.05, 4.69) is 15.3 Å². The fraction of sp³-hybridized carbons (Fsp3) is 0.214. The average Bonchev–Trinajstić information content (AvgIpc) is 2.39. The molecule has 104 valence electrons. The van der Waals surface area contributed by atoms with Gasteiger partial charge in [-0.15, -0.1) is 0 Å². The number of aromatic nitrogens is 2. The molecule has 0 unspecified atom stereocenters. The van der Waals surface area contributed by atoms with E-state index in [4.69, 9.17) is 0 Å². The molecular weight excluding hydrogens is 274 g/mol. The number of anilines is 1. The summed E-state index contributed by atoms with van der Waals surface area (Å²) in [5.74, 6) is 0.154. The lowest BCUT2D eigenvalue weighted by Crippen LogP contribution is -2.14. The minimum atomic E-state index is -0.911. The first kappa shape index (κ1) is 14.3. The first-order chi connectivity index (χ1) is 9.54. The van der Waals surface area contributed by atoms with Crippen molar-refractivity contribution in [2.75, 3.05) is 11.6 Å². The number of carbonyl (C=O) groups is 1. The number of amides is 1. The Kier molecular flexibility index (Phi) is 4.57. The van der Waals surface area contributed by atoms with Gasteiger partial charge >= 0.3 is 0 Å². The maximum atomic E-state index is 12.0. The zero-order valence-corrected chi connectivity index (χ0v) is 12.1. The third-order valence-electron chi connectivity index (χ3n) is 2.57. The van der Waals surface area contributed by atoms with Gasteiger partial charge in [0.2, 0.25) is 0 Å². The van der Waals surface area contributed by atoms with Crippen LogP contribution in [0.4, 0.5) is 5.69 Å². The fourth-order valence-corrected chi connectivity index (χ4v) is 2.33. The lowest BCUT2D eigenvalue weighted by Gasteiger charge is -2.06. The van der Waals surface area contributed by atoms with E-state index in [1.807, 2.05) is 19.1 Å². The predicted molar refractivity (Wildman–Crippen MR) is 78.9 cm³/mol. The summed E-state index contributed by atoms with van der Waals surface area (Å²) in [7, 11) is -0.911. The lowest BCUT2D eigenvalue weighted by atomic mass is 10.2. The van der Waals surface area contributed by atoms with Gasteiger partial charge in [0.05, 0.1) is 11.9 Å². The third kappa shape index (κ3) is 3.96. The Bertz CT molecular complexity index is 641. The van der Waals surface area contributed by atoms with Crippen LogP contribution in [-0.2, 0) is 16.6 Å². The molecule has 0 bridgehead atoms. The van der Waals surface area contributed by atoms with Gasteiger partial charge in [0.25, 0.3) is 5.91 Å². The lowest BCUT2D eigenvalue weighted by molar-refractivity contribution is 0.102. The van der Waals surface area contributed by atoms with Crippen LogP contribution in [0, 0.1) is 6.92 Å². The van der Waals surface area contributed by atoms with Crippen molar-refractivity contribution in [2.45, 2.75) is 12.7 Å². The van der Waals surface area contributed by atoms with E-state index in [-0.39, 0.29) is 11.6 Å². The van der Waals surface area contributed by atoms with Gasteiger partial charge in [-0.1, -0.05) is 12.1 Å². The van der Waals surface area contributed by atoms with Gasteiger partial charge in [-0.05, 0) is 24.6 Å². The van der Waals surface area contributed by atoms with Crippen molar-refractivity contribution in [1.82, 2.24) is 9.97 Å². The van der Waals surface area contributed by atoms with E-state index in [9.17, 15) is 9.00 Å². The van der Waals surface area contributed by atoms with Crippen molar-refractivity contribution in [2.24, 2.45) is 0 Å². The molecule has 1 heterocycles. The highest BCUT2D eigenvalue weighted by Gasteiger charge is 2.08. The highest BCUT2D eigenvalue weighted by atomic mass is 32.2. The van der Waals surface area contributed by atoms with Crippen LogP contribution in [-0.4, -0.2) is 26.3 Å². The smallest absolute Gasteiger partial charge is 0.275 e. The minimum Gasteiger partial charge on any atom is -0.321 e. The average molecular weight is 289 g/mol. The van der Waals surface area contributed by atoms with Crippen molar-refractivity contribution in [3.63, 3.8) is 0 Å². The topological polar surface area (TPSA) is 72.0 Å². The minimum absolute atomic E-state index is 0.264. The molecular formula is C14H15N3O2S. The van der Waals surface area contributed by atoms with Gasteiger partial charge in [-0.25, -0.2) is 4.98 Å². The zero-order valence-electron chi connectivity index (χ0n) is 11.3. The summed E-state index contributed by atoms with van der Waals surface area (Å²) in [4.78, 5) is 20.0. The number of benzene rings is 1. The summed E-state index contributed by atoms with van der Waals surface area (Å²) in [6, 6.07) is 7.28. The maximum absolute atomic E-state index is 12.0. The van der Waals surface area contributed by atoms with E-state index in [1.165, 1.54) is 6.20 Å². The molecule has 0 aliphatic rings. The number of aryl methyl sites for hydroxylation is 1. The molecule has 2 aromatic rings. The molecule has 1 amide bonds. The molecule has 5 nitrogen and oxygen atoms in total. The van der Waals surface area contributed by atoms with Gasteiger partial charge in [0, 0.05) is 34.7 Å². The number of hydrogen-bond donors (Lipinski definition) is 1. The quantitative estimate of drug-likeness (QED) is 0.933. The van der Waals surface area contributed by atoms with Crippen molar-refractivity contribution in [3.05, 3.63) is 53.6 Å². The van der Waals surface area contributed by atoms with Crippen LogP contribution in [0.25, 0.3) is 0 Å². The van der Waals surface area contributed by atoms with Crippen LogP contribution >= 0.6 is 0 Å². The van der Waals surface area contributed by atoms with E-state index in [0.717, 1.165) is 11.3 Å². The number of hydrogen-bond acceptors (Lipinski definition) is 4. The first-order valence-electron chi connectivity index (χ1n) is 6.03. The van der Waals surface area contributed by atoms with E-state index < -0.39 is 10.8 Å². The molecule has 1 aromatic carbocycles. The Labute approximate surface area is 119 Å². The molecule has 1 aromatic heterocycles. The Balaban J connectivity index is 2.11. The molecule has 0 aliphatic heterocycles. The van der Waals surface area contributed by atoms with E-state index >= 15 is 0 Å². The SMILES string of the molecule is Cc1cnc(C(=O)Nc2cccc(C[S@](C)=O)c2)cn1. The number of rotatable bonds is 4. The normalized spacial score (nSPS) is 11.9. The summed E-state index contributed by atoms with van der Waals surface area (Å²) in [6.07, 6.45) is 4.63. The molecule has 0 saturated carbocycles. The summed E-state index contributed by atoms with van der Waals surface area (Å²) in [6.45, 7) is 1.81. The second-order valence-electron chi connectivity index (χ2n) is 4.42. The molecule has 1 N–H and O–H groups in total. The zero-order chi connectivity index (χ0) is 14.5. The van der Waals surface area contributed by atoms with Gasteiger partial charge in [0.1, 0.15) is 5.69 Å². The van der Waals surface area contributed by atoms with Crippen LogP contribution in [0.1, 0.15) is 21.7 Å². The van der Waals surface area contributed by atoms with Crippen LogP contribution in [0.3, 0.4) is 0 Å². The van der Waals surface area contributed by atoms with Crippen LogP contribution in [0.15, 0.2) is 36.7 Å². The number of nitrogens with one attached hydrogen (secondary N) is 1. The molecule has 2 rings (SSSR count). The molecule has 0 radical (unpaired) electrons. The Morgan fingerprint density at radius 2 is 2.10 bits per heavy atom. The first-order valence-corrected chi connectivity index (χ1v) is 7.76. The Morgan fingerprint density at radius 1 is 1.30 bits per heavy atom. The summed E-state index contributed by atoms with van der Waals surface area (Å²) in [5.41, 5.74) is 2.59.